The minimum Gasteiger partial charge on any atom is -0.310 e. The second-order valence-electron chi connectivity index (χ2n) is 17.8. The van der Waals surface area contributed by atoms with Gasteiger partial charge >= 0.3 is 0 Å². The Balaban J connectivity index is 1.18. The molecule has 8 aromatic rings. The highest BCUT2D eigenvalue weighted by Gasteiger charge is 2.36. The van der Waals surface area contributed by atoms with Gasteiger partial charge in [0.25, 0.3) is 0 Å². The molecule has 0 radical (unpaired) electrons. The molecule has 3 aliphatic rings. The summed E-state index contributed by atoms with van der Waals surface area (Å²) in [6, 6.07) is 56.1. The smallest absolute Gasteiger partial charge is 0.0574 e. The number of hydrogen-bond donors (Lipinski definition) is 0. The molecule has 1 aromatic heterocycles. The van der Waals surface area contributed by atoms with Crippen LogP contribution in [0.25, 0.3) is 49.4 Å². The van der Waals surface area contributed by atoms with E-state index in [1.807, 2.05) is 0 Å². The van der Waals surface area contributed by atoms with Gasteiger partial charge in [-0.15, -0.1) is 0 Å². The first-order valence-corrected chi connectivity index (χ1v) is 21.7. The van der Waals surface area contributed by atoms with Crippen molar-refractivity contribution in [3.05, 3.63) is 168 Å². The van der Waals surface area contributed by atoms with Crippen molar-refractivity contribution in [1.82, 2.24) is 4.57 Å². The Bertz CT molecular complexity index is 2790. The first kappa shape index (κ1) is 34.6. The molecule has 2 heteroatoms. The highest BCUT2D eigenvalue weighted by molar-refractivity contribution is 6.11. The summed E-state index contributed by atoms with van der Waals surface area (Å²) in [5.74, 6) is 1.19. The lowest BCUT2D eigenvalue weighted by atomic mass is 9.81. The number of hydrogen-bond acceptors (Lipinski definition) is 1. The van der Waals surface area contributed by atoms with Crippen LogP contribution < -0.4 is 4.90 Å². The second kappa shape index (κ2) is 13.8. The minimum absolute atomic E-state index is 0.0956. The zero-order chi connectivity index (χ0) is 38.1. The number of para-hydroxylation sites is 1. The third-order valence-corrected chi connectivity index (χ3v) is 14.1. The monoisotopic (exact) mass is 740 g/mol. The van der Waals surface area contributed by atoms with Crippen LogP contribution in [-0.2, 0) is 5.41 Å². The van der Waals surface area contributed by atoms with Crippen LogP contribution >= 0.6 is 0 Å². The average Bonchev–Trinajstić information content (AvgIpc) is 3.72. The Morgan fingerprint density at radius 2 is 1.18 bits per heavy atom. The summed E-state index contributed by atoms with van der Waals surface area (Å²) < 4.78 is 2.52. The number of anilines is 3. The van der Waals surface area contributed by atoms with Crippen LogP contribution in [0.3, 0.4) is 0 Å². The first-order valence-electron chi connectivity index (χ1n) is 21.7. The van der Waals surface area contributed by atoms with E-state index in [4.69, 9.17) is 0 Å². The molecular weight excluding hydrogens is 689 g/mol. The van der Waals surface area contributed by atoms with Crippen LogP contribution in [0.1, 0.15) is 112 Å². The summed E-state index contributed by atoms with van der Waals surface area (Å²) in [5, 5.41) is 5.25. The molecule has 0 N–H and O–H groups in total. The SMILES string of the molecule is CC1(C)c2ccccc2-c2ccc(N(c3ccc4c(c3)c3ccc(C5CCCCC5)cc3n4-c3ccccc3)c3c(C4CCCCC4)ccc4ccccc34)cc21. The third-order valence-electron chi connectivity index (χ3n) is 14.1. The molecule has 0 bridgehead atoms. The van der Waals surface area contributed by atoms with Crippen molar-refractivity contribution in [2.45, 2.75) is 95.3 Å². The molecule has 11 rings (SSSR count). The molecule has 0 amide bonds. The predicted octanol–water partition coefficient (Wildman–Crippen LogP) is 15.8. The molecule has 0 atom stereocenters. The average molecular weight is 741 g/mol. The maximum atomic E-state index is 2.65. The van der Waals surface area contributed by atoms with Crippen LogP contribution in [0, 0.1) is 0 Å². The quantitative estimate of drug-likeness (QED) is 0.165. The molecule has 0 saturated heterocycles. The Hall–Kier alpha value is -5.60. The fourth-order valence-corrected chi connectivity index (χ4v) is 11.2. The van der Waals surface area contributed by atoms with Crippen molar-refractivity contribution >= 4 is 49.6 Å². The summed E-state index contributed by atoms with van der Waals surface area (Å²) in [6.07, 6.45) is 13.1. The number of rotatable bonds is 6. The maximum absolute atomic E-state index is 2.65. The van der Waals surface area contributed by atoms with E-state index < -0.39 is 0 Å². The van der Waals surface area contributed by atoms with Crippen LogP contribution in [0.2, 0.25) is 0 Å². The lowest BCUT2D eigenvalue weighted by Gasteiger charge is -2.33. The third kappa shape index (κ3) is 5.66. The van der Waals surface area contributed by atoms with E-state index in [0.717, 1.165) is 0 Å². The van der Waals surface area contributed by atoms with E-state index in [1.165, 1.54) is 153 Å². The second-order valence-corrected chi connectivity index (χ2v) is 17.8. The van der Waals surface area contributed by atoms with E-state index in [0.29, 0.717) is 11.8 Å². The van der Waals surface area contributed by atoms with Crippen LogP contribution in [0.5, 0.6) is 0 Å². The topological polar surface area (TPSA) is 8.17 Å². The zero-order valence-corrected chi connectivity index (χ0v) is 33.5. The van der Waals surface area contributed by atoms with Gasteiger partial charge < -0.3 is 9.47 Å². The molecule has 0 spiro atoms. The molecule has 282 valence electrons. The molecule has 1 heterocycles. The van der Waals surface area contributed by atoms with Gasteiger partial charge in [-0.25, -0.2) is 0 Å². The Kier molecular flexibility index (Phi) is 8.39. The molecular formula is C55H52N2. The minimum atomic E-state index is -0.0956. The van der Waals surface area contributed by atoms with E-state index in [2.05, 4.69) is 169 Å². The van der Waals surface area contributed by atoms with E-state index >= 15 is 0 Å². The lowest BCUT2D eigenvalue weighted by Crippen LogP contribution is -2.18. The molecule has 2 nitrogen and oxygen atoms in total. The first-order chi connectivity index (χ1) is 28.0. The van der Waals surface area contributed by atoms with Gasteiger partial charge in [0.05, 0.1) is 16.7 Å². The van der Waals surface area contributed by atoms with Crippen molar-refractivity contribution in [2.24, 2.45) is 0 Å². The van der Waals surface area contributed by atoms with Crippen molar-refractivity contribution in [1.29, 1.82) is 0 Å². The van der Waals surface area contributed by atoms with E-state index in [9.17, 15) is 0 Å². The van der Waals surface area contributed by atoms with Gasteiger partial charge in [0.1, 0.15) is 0 Å². The number of fused-ring (bicyclic) bond motifs is 7. The van der Waals surface area contributed by atoms with Crippen LogP contribution in [-0.4, -0.2) is 4.57 Å². The van der Waals surface area contributed by atoms with Crippen LogP contribution in [0.4, 0.5) is 17.1 Å². The molecule has 57 heavy (non-hydrogen) atoms. The standard InChI is InChI=1S/C55H52N2/c1-55(2)50-25-15-14-24-46(50)47-32-28-43(36-51(47)55)56(54-44-23-13-12-20-39(44)26-30-45(54)38-18-8-4-9-19-38)42-29-33-52-49(35-42)48-31-27-40(37-16-6-3-7-17-37)34-53(48)57(52)41-21-10-5-11-22-41/h5,10-15,20-38H,3-4,6-9,16-19H2,1-2H3. The number of aromatic nitrogens is 1. The van der Waals surface area contributed by atoms with Gasteiger partial charge in [0, 0.05) is 38.6 Å². The molecule has 2 saturated carbocycles. The van der Waals surface area contributed by atoms with Gasteiger partial charge in [-0.05, 0) is 125 Å². The zero-order valence-electron chi connectivity index (χ0n) is 33.5. The van der Waals surface area contributed by atoms with Crippen molar-refractivity contribution < 1.29 is 0 Å². The highest BCUT2D eigenvalue weighted by atomic mass is 15.1. The summed E-state index contributed by atoms with van der Waals surface area (Å²) in [6.45, 7) is 4.81. The molecule has 3 aliphatic carbocycles. The Morgan fingerprint density at radius 1 is 0.491 bits per heavy atom. The van der Waals surface area contributed by atoms with Gasteiger partial charge in [0.15, 0.2) is 0 Å². The fourth-order valence-electron chi connectivity index (χ4n) is 11.2. The summed E-state index contributed by atoms with van der Waals surface area (Å²) in [5.41, 5.74) is 16.0. The number of benzene rings is 7. The van der Waals surface area contributed by atoms with Gasteiger partial charge in [-0.1, -0.05) is 149 Å². The van der Waals surface area contributed by atoms with Gasteiger partial charge in [0.2, 0.25) is 0 Å². The Labute approximate surface area is 337 Å². The maximum Gasteiger partial charge on any atom is 0.0574 e. The summed E-state index contributed by atoms with van der Waals surface area (Å²) in [4.78, 5) is 2.65. The lowest BCUT2D eigenvalue weighted by molar-refractivity contribution is 0.444. The Morgan fingerprint density at radius 3 is 2.00 bits per heavy atom. The highest BCUT2D eigenvalue weighted by Crippen LogP contribution is 2.53. The van der Waals surface area contributed by atoms with Gasteiger partial charge in [-0.2, -0.15) is 0 Å². The molecule has 0 aliphatic heterocycles. The van der Waals surface area contributed by atoms with Gasteiger partial charge in [-0.3, -0.25) is 0 Å². The molecule has 0 unspecified atom stereocenters. The van der Waals surface area contributed by atoms with E-state index in [-0.39, 0.29) is 5.41 Å². The normalized spacial score (nSPS) is 16.9. The molecule has 2 fully saturated rings. The largest absolute Gasteiger partial charge is 0.310 e. The number of nitrogens with zero attached hydrogens (tertiary/aromatic N) is 2. The van der Waals surface area contributed by atoms with Crippen molar-refractivity contribution in [3.8, 4) is 16.8 Å². The van der Waals surface area contributed by atoms with E-state index in [1.54, 1.807) is 0 Å². The van der Waals surface area contributed by atoms with Crippen molar-refractivity contribution in [3.63, 3.8) is 0 Å². The summed E-state index contributed by atoms with van der Waals surface area (Å²) >= 11 is 0. The fraction of sp³-hybridized carbons (Fsp3) is 0.273. The van der Waals surface area contributed by atoms with Crippen LogP contribution in [0.15, 0.2) is 146 Å². The summed E-state index contributed by atoms with van der Waals surface area (Å²) in [7, 11) is 0. The molecule has 7 aromatic carbocycles. The van der Waals surface area contributed by atoms with Crippen molar-refractivity contribution in [2.75, 3.05) is 4.90 Å². The predicted molar refractivity (Wildman–Crippen MR) is 242 cm³/mol.